The highest BCUT2D eigenvalue weighted by molar-refractivity contribution is 6.30. The number of rotatable bonds is 5. The average molecular weight is 353 g/mol. The number of para-hydroxylation sites is 1. The molecule has 3 aromatic rings. The predicted octanol–water partition coefficient (Wildman–Crippen LogP) is 4.36. The lowest BCUT2D eigenvalue weighted by Gasteiger charge is -2.09. The van der Waals surface area contributed by atoms with E-state index in [0.717, 1.165) is 16.8 Å². The number of carbonyl (C=O) groups is 1. The highest BCUT2D eigenvalue weighted by Crippen LogP contribution is 2.18. The van der Waals surface area contributed by atoms with E-state index in [2.05, 4.69) is 20.8 Å². The van der Waals surface area contributed by atoms with Crippen molar-refractivity contribution in [3.05, 3.63) is 76.8 Å². The molecule has 0 spiro atoms. The molecule has 0 bridgehead atoms. The number of hydrogen-bond donors (Lipinski definition) is 2. The number of halogens is 1. The summed E-state index contributed by atoms with van der Waals surface area (Å²) in [4.78, 5) is 12.1. The number of carbonyl (C=O) groups excluding carboxylic acids is 1. The molecule has 5 nitrogen and oxygen atoms in total. The van der Waals surface area contributed by atoms with E-state index in [0.29, 0.717) is 16.7 Å². The van der Waals surface area contributed by atoms with Gasteiger partial charge in [0.05, 0.1) is 6.42 Å². The maximum absolute atomic E-state index is 12.1. The van der Waals surface area contributed by atoms with Crippen molar-refractivity contribution in [2.75, 3.05) is 10.6 Å². The quantitative estimate of drug-likeness (QED) is 0.715. The van der Waals surface area contributed by atoms with Crippen LogP contribution in [0.25, 0.3) is 0 Å². The third-order valence-corrected chi connectivity index (χ3v) is 3.87. The molecule has 0 saturated carbocycles. The number of aryl methyl sites for hydroxylation is 1. The largest absolute Gasteiger partial charge is 0.339 e. The summed E-state index contributed by atoms with van der Waals surface area (Å²) >= 11 is 5.84. The molecule has 0 unspecified atom stereocenters. The van der Waals surface area contributed by atoms with Crippen molar-refractivity contribution in [1.82, 2.24) is 10.2 Å². The summed E-state index contributed by atoms with van der Waals surface area (Å²) in [5.41, 5.74) is 2.97. The van der Waals surface area contributed by atoms with Gasteiger partial charge in [0.2, 0.25) is 5.91 Å². The van der Waals surface area contributed by atoms with E-state index >= 15 is 0 Å². The summed E-state index contributed by atoms with van der Waals surface area (Å²) < 4.78 is 0. The lowest BCUT2D eigenvalue weighted by molar-refractivity contribution is -0.115. The molecule has 1 heterocycles. The first-order chi connectivity index (χ1) is 12.1. The Labute approximate surface area is 151 Å². The van der Waals surface area contributed by atoms with Crippen molar-refractivity contribution in [2.45, 2.75) is 13.3 Å². The van der Waals surface area contributed by atoms with E-state index in [-0.39, 0.29) is 12.3 Å². The molecular formula is C19H17ClN4O. The fourth-order valence-corrected chi connectivity index (χ4v) is 2.42. The summed E-state index contributed by atoms with van der Waals surface area (Å²) in [5, 5.41) is 14.7. The van der Waals surface area contributed by atoms with Crippen molar-refractivity contribution in [1.29, 1.82) is 0 Å². The van der Waals surface area contributed by atoms with Crippen LogP contribution in [0, 0.1) is 6.92 Å². The third-order valence-electron chi connectivity index (χ3n) is 3.62. The molecule has 1 aromatic heterocycles. The third kappa shape index (κ3) is 4.78. The van der Waals surface area contributed by atoms with Crippen molar-refractivity contribution >= 4 is 34.8 Å². The van der Waals surface area contributed by atoms with Crippen LogP contribution in [-0.4, -0.2) is 16.1 Å². The summed E-state index contributed by atoms with van der Waals surface area (Å²) in [5.74, 6) is 0.871. The second-order valence-electron chi connectivity index (χ2n) is 5.60. The summed E-state index contributed by atoms with van der Waals surface area (Å²) in [6, 6.07) is 18.6. The zero-order chi connectivity index (χ0) is 17.6. The number of aromatic nitrogens is 2. The molecule has 0 aliphatic heterocycles. The van der Waals surface area contributed by atoms with Crippen LogP contribution in [-0.2, 0) is 11.2 Å². The zero-order valence-electron chi connectivity index (χ0n) is 13.7. The molecule has 6 heteroatoms. The van der Waals surface area contributed by atoms with Crippen molar-refractivity contribution in [2.24, 2.45) is 0 Å². The van der Waals surface area contributed by atoms with E-state index in [9.17, 15) is 4.79 Å². The van der Waals surface area contributed by atoms with Crippen LogP contribution in [0.15, 0.2) is 60.7 Å². The van der Waals surface area contributed by atoms with Crippen LogP contribution in [0.2, 0.25) is 5.02 Å². The lowest BCUT2D eigenvalue weighted by Crippen LogP contribution is -2.15. The monoisotopic (exact) mass is 352 g/mol. The Kier molecular flexibility index (Phi) is 5.26. The molecule has 25 heavy (non-hydrogen) atoms. The molecule has 1 amide bonds. The fourth-order valence-electron chi connectivity index (χ4n) is 2.29. The van der Waals surface area contributed by atoms with E-state index in [1.165, 1.54) is 0 Å². The predicted molar refractivity (Wildman–Crippen MR) is 100 cm³/mol. The minimum absolute atomic E-state index is 0.156. The first-order valence-electron chi connectivity index (χ1n) is 7.81. The van der Waals surface area contributed by atoms with E-state index in [1.807, 2.05) is 43.3 Å². The second-order valence-corrected chi connectivity index (χ2v) is 6.03. The van der Waals surface area contributed by atoms with Crippen LogP contribution in [0.1, 0.15) is 11.1 Å². The van der Waals surface area contributed by atoms with Crippen LogP contribution in [0.4, 0.5) is 17.3 Å². The highest BCUT2D eigenvalue weighted by atomic mass is 35.5. The average Bonchev–Trinajstić information content (AvgIpc) is 2.61. The van der Waals surface area contributed by atoms with E-state index < -0.39 is 0 Å². The van der Waals surface area contributed by atoms with Crippen molar-refractivity contribution in [3.63, 3.8) is 0 Å². The maximum atomic E-state index is 12.1. The zero-order valence-corrected chi connectivity index (χ0v) is 14.4. The van der Waals surface area contributed by atoms with Crippen LogP contribution in [0.5, 0.6) is 0 Å². The molecule has 0 radical (unpaired) electrons. The second kappa shape index (κ2) is 7.77. The Hall–Kier alpha value is -2.92. The first-order valence-corrected chi connectivity index (χ1v) is 8.18. The number of nitrogens with one attached hydrogen (secondary N) is 2. The van der Waals surface area contributed by atoms with Gasteiger partial charge in [-0.1, -0.05) is 41.9 Å². The van der Waals surface area contributed by atoms with Gasteiger partial charge in [0.25, 0.3) is 0 Å². The van der Waals surface area contributed by atoms with Crippen LogP contribution >= 0.6 is 11.6 Å². The molecule has 2 aromatic carbocycles. The van der Waals surface area contributed by atoms with Gasteiger partial charge >= 0.3 is 0 Å². The number of anilines is 3. The van der Waals surface area contributed by atoms with Gasteiger partial charge in [-0.2, -0.15) is 0 Å². The van der Waals surface area contributed by atoms with Crippen molar-refractivity contribution in [3.8, 4) is 0 Å². The molecule has 0 fully saturated rings. The van der Waals surface area contributed by atoms with Gasteiger partial charge in [0, 0.05) is 10.7 Å². The van der Waals surface area contributed by atoms with Gasteiger partial charge in [-0.25, -0.2) is 0 Å². The molecule has 0 aliphatic rings. The van der Waals surface area contributed by atoms with Gasteiger partial charge in [0.1, 0.15) is 0 Å². The summed E-state index contributed by atoms with van der Waals surface area (Å²) in [6.07, 6.45) is 0.252. The van der Waals surface area contributed by atoms with Gasteiger partial charge in [-0.05, 0) is 48.4 Å². The van der Waals surface area contributed by atoms with E-state index in [4.69, 9.17) is 11.6 Å². The van der Waals surface area contributed by atoms with Gasteiger partial charge in [-0.15, -0.1) is 10.2 Å². The Morgan fingerprint density at radius 1 is 0.960 bits per heavy atom. The molecular weight excluding hydrogens is 336 g/mol. The number of benzene rings is 2. The van der Waals surface area contributed by atoms with Gasteiger partial charge in [0.15, 0.2) is 11.6 Å². The smallest absolute Gasteiger partial charge is 0.229 e. The minimum atomic E-state index is -0.156. The number of nitrogens with zero attached hydrogens (tertiary/aromatic N) is 2. The molecule has 0 saturated heterocycles. The minimum Gasteiger partial charge on any atom is -0.339 e. The van der Waals surface area contributed by atoms with Gasteiger partial charge < -0.3 is 10.6 Å². The topological polar surface area (TPSA) is 66.9 Å². The molecule has 3 rings (SSSR count). The Balaban J connectivity index is 1.59. The Bertz CT molecular complexity index is 863. The van der Waals surface area contributed by atoms with E-state index in [1.54, 1.807) is 24.3 Å². The lowest BCUT2D eigenvalue weighted by atomic mass is 10.1. The molecule has 0 atom stereocenters. The first kappa shape index (κ1) is 16.9. The molecule has 126 valence electrons. The molecule has 2 N–H and O–H groups in total. The Morgan fingerprint density at radius 3 is 2.32 bits per heavy atom. The summed E-state index contributed by atoms with van der Waals surface area (Å²) in [6.45, 7) is 2.01. The molecule has 0 aliphatic carbocycles. The highest BCUT2D eigenvalue weighted by Gasteiger charge is 2.06. The fraction of sp³-hybridized carbons (Fsp3) is 0.105. The number of hydrogen-bond acceptors (Lipinski definition) is 4. The SMILES string of the molecule is Cc1ccccc1Nc1ccc(NC(=O)Cc2ccc(Cl)cc2)nn1. The van der Waals surface area contributed by atoms with Gasteiger partial charge in [-0.3, -0.25) is 4.79 Å². The van der Waals surface area contributed by atoms with Crippen molar-refractivity contribution < 1.29 is 4.79 Å². The normalized spacial score (nSPS) is 10.3. The maximum Gasteiger partial charge on any atom is 0.229 e. The summed E-state index contributed by atoms with van der Waals surface area (Å²) in [7, 11) is 0. The Morgan fingerprint density at radius 2 is 1.64 bits per heavy atom. The van der Waals surface area contributed by atoms with Crippen LogP contribution < -0.4 is 10.6 Å². The standard InChI is InChI=1S/C19H17ClN4O/c1-13-4-2-3-5-16(13)21-17-10-11-18(24-23-17)22-19(25)12-14-6-8-15(20)9-7-14/h2-11H,12H2,1H3,(H,21,23)(H,22,24,25). The number of amides is 1. The van der Waals surface area contributed by atoms with Crippen LogP contribution in [0.3, 0.4) is 0 Å².